The first-order chi connectivity index (χ1) is 8.61. The second kappa shape index (κ2) is 5.16. The molecule has 2 rings (SSSR count). The van der Waals surface area contributed by atoms with Crippen LogP contribution in [0.4, 0.5) is 0 Å². The Morgan fingerprint density at radius 3 is 2.72 bits per heavy atom. The average Bonchev–Trinajstić information content (AvgIpc) is 2.81. The first-order valence-electron chi connectivity index (χ1n) is 5.91. The number of fused-ring (bicyclic) bond motifs is 1. The summed E-state index contributed by atoms with van der Waals surface area (Å²) in [6, 6.07) is 3.02. The summed E-state index contributed by atoms with van der Waals surface area (Å²) in [6.07, 6.45) is 0.979. The Kier molecular flexibility index (Phi) is 3.60. The third kappa shape index (κ3) is 2.50. The zero-order valence-corrected chi connectivity index (χ0v) is 10.4. The van der Waals surface area contributed by atoms with E-state index in [0.717, 1.165) is 6.42 Å². The first kappa shape index (κ1) is 12.5. The van der Waals surface area contributed by atoms with E-state index in [1.807, 2.05) is 6.92 Å². The minimum Gasteiger partial charge on any atom is -0.492 e. The Morgan fingerprint density at radius 2 is 2.11 bits per heavy atom. The highest BCUT2D eigenvalue weighted by molar-refractivity contribution is 5.92. The minimum atomic E-state index is -1.03. The quantitative estimate of drug-likeness (QED) is 0.872. The number of hydrogen-bond donors (Lipinski definition) is 1. The lowest BCUT2D eigenvalue weighted by molar-refractivity contribution is 0.0691. The average molecular weight is 252 g/mol. The maximum absolute atomic E-state index is 11.2. The highest BCUT2D eigenvalue weighted by Gasteiger charge is 2.21. The smallest absolute Gasteiger partial charge is 0.339 e. The molecular formula is C13H16O5. The lowest BCUT2D eigenvalue weighted by atomic mass is 10.1. The van der Waals surface area contributed by atoms with E-state index in [0.29, 0.717) is 29.8 Å². The van der Waals surface area contributed by atoms with Crippen molar-refractivity contribution in [1.82, 2.24) is 0 Å². The van der Waals surface area contributed by atoms with Gasteiger partial charge in [-0.15, -0.1) is 0 Å². The molecule has 0 radical (unpaired) electrons. The van der Waals surface area contributed by atoms with Gasteiger partial charge in [0.25, 0.3) is 0 Å². The number of hydrogen-bond acceptors (Lipinski definition) is 4. The van der Waals surface area contributed by atoms with Gasteiger partial charge in [-0.2, -0.15) is 0 Å². The van der Waals surface area contributed by atoms with Gasteiger partial charge in [0.15, 0.2) is 11.5 Å². The second-order valence-electron chi connectivity index (χ2n) is 4.33. The molecule has 0 aliphatic carbocycles. The van der Waals surface area contributed by atoms with Crippen molar-refractivity contribution in [1.29, 1.82) is 0 Å². The minimum absolute atomic E-state index is 0.0996. The van der Waals surface area contributed by atoms with Gasteiger partial charge in [-0.25, -0.2) is 4.79 Å². The van der Waals surface area contributed by atoms with E-state index in [2.05, 4.69) is 6.92 Å². The molecule has 0 saturated heterocycles. The van der Waals surface area contributed by atoms with E-state index in [1.54, 1.807) is 6.07 Å². The maximum atomic E-state index is 11.2. The van der Waals surface area contributed by atoms with Crippen molar-refractivity contribution in [3.8, 4) is 17.2 Å². The third-order valence-electron chi connectivity index (χ3n) is 2.93. The molecule has 5 heteroatoms. The molecule has 0 fully saturated rings. The lowest BCUT2D eigenvalue weighted by Gasteiger charge is -2.13. The zero-order chi connectivity index (χ0) is 13.1. The van der Waals surface area contributed by atoms with E-state index in [4.69, 9.17) is 19.3 Å². The highest BCUT2D eigenvalue weighted by Crippen LogP contribution is 2.38. The molecule has 1 aromatic rings. The van der Waals surface area contributed by atoms with Crippen LogP contribution in [-0.4, -0.2) is 24.5 Å². The van der Waals surface area contributed by atoms with Gasteiger partial charge in [0.1, 0.15) is 11.3 Å². The Bertz CT molecular complexity index is 455. The monoisotopic (exact) mass is 252 g/mol. The fourth-order valence-electron chi connectivity index (χ4n) is 1.56. The lowest BCUT2D eigenvalue weighted by Crippen LogP contribution is -2.10. The Labute approximate surface area is 105 Å². The molecule has 1 N–H and O–H groups in total. The van der Waals surface area contributed by atoms with Crippen LogP contribution in [0.1, 0.15) is 30.6 Å². The number of rotatable bonds is 5. The zero-order valence-electron chi connectivity index (χ0n) is 10.4. The predicted molar refractivity (Wildman–Crippen MR) is 64.5 cm³/mol. The normalized spacial score (nSPS) is 14.3. The number of carbonyl (C=O) groups is 1. The summed E-state index contributed by atoms with van der Waals surface area (Å²) in [7, 11) is 0. The molecule has 0 saturated carbocycles. The van der Waals surface area contributed by atoms with Crippen LogP contribution in [0.5, 0.6) is 17.2 Å². The topological polar surface area (TPSA) is 65.0 Å². The first-order valence-corrected chi connectivity index (χ1v) is 5.91. The summed E-state index contributed by atoms with van der Waals surface area (Å²) >= 11 is 0. The van der Waals surface area contributed by atoms with Crippen LogP contribution in [0.2, 0.25) is 0 Å². The van der Waals surface area contributed by atoms with Crippen LogP contribution >= 0.6 is 0 Å². The fraction of sp³-hybridized carbons (Fsp3) is 0.462. The van der Waals surface area contributed by atoms with Crippen LogP contribution in [0.3, 0.4) is 0 Å². The highest BCUT2D eigenvalue weighted by atomic mass is 16.7. The molecule has 0 amide bonds. The Balaban J connectivity index is 2.24. The van der Waals surface area contributed by atoms with Crippen molar-refractivity contribution in [2.75, 3.05) is 13.4 Å². The van der Waals surface area contributed by atoms with Gasteiger partial charge in [-0.05, 0) is 5.92 Å². The molecule has 0 bridgehead atoms. The number of ether oxygens (including phenoxy) is 3. The van der Waals surface area contributed by atoms with Gasteiger partial charge >= 0.3 is 5.97 Å². The molecule has 0 spiro atoms. The van der Waals surface area contributed by atoms with Crippen LogP contribution in [0, 0.1) is 5.92 Å². The largest absolute Gasteiger partial charge is 0.492 e. The molecule has 1 heterocycles. The summed E-state index contributed by atoms with van der Waals surface area (Å²) in [5.41, 5.74) is 0.0996. The number of carboxylic acid groups (broad SMARTS) is 1. The Morgan fingerprint density at radius 1 is 1.44 bits per heavy atom. The summed E-state index contributed by atoms with van der Waals surface area (Å²) in [5, 5.41) is 9.14. The SMILES string of the molecule is CCC(C)COc1cc2c(cc1C(=O)O)OCO2. The Hall–Kier alpha value is -1.91. The van der Waals surface area contributed by atoms with Crippen molar-refractivity contribution in [3.05, 3.63) is 17.7 Å². The van der Waals surface area contributed by atoms with Gasteiger partial charge in [-0.1, -0.05) is 20.3 Å². The molecule has 1 aliphatic rings. The molecule has 1 unspecified atom stereocenters. The van der Waals surface area contributed by atoms with E-state index in [9.17, 15) is 4.79 Å². The van der Waals surface area contributed by atoms with Crippen LogP contribution < -0.4 is 14.2 Å². The van der Waals surface area contributed by atoms with Crippen molar-refractivity contribution in [2.45, 2.75) is 20.3 Å². The summed E-state index contributed by atoms with van der Waals surface area (Å²) < 4.78 is 15.9. The summed E-state index contributed by atoms with van der Waals surface area (Å²) in [4.78, 5) is 11.2. The number of benzene rings is 1. The molecule has 5 nitrogen and oxygen atoms in total. The molecule has 1 aromatic carbocycles. The predicted octanol–water partition coefficient (Wildman–Crippen LogP) is 2.54. The summed E-state index contributed by atoms with van der Waals surface area (Å²) in [6.45, 7) is 4.71. The van der Waals surface area contributed by atoms with E-state index < -0.39 is 5.97 Å². The van der Waals surface area contributed by atoms with Gasteiger partial charge in [0.2, 0.25) is 6.79 Å². The van der Waals surface area contributed by atoms with Crippen molar-refractivity contribution < 1.29 is 24.1 Å². The van der Waals surface area contributed by atoms with Crippen molar-refractivity contribution >= 4 is 5.97 Å². The molecule has 98 valence electrons. The van der Waals surface area contributed by atoms with Crippen molar-refractivity contribution in [2.24, 2.45) is 5.92 Å². The number of carboxylic acids is 1. The van der Waals surface area contributed by atoms with E-state index >= 15 is 0 Å². The molecule has 18 heavy (non-hydrogen) atoms. The number of aromatic carboxylic acids is 1. The van der Waals surface area contributed by atoms with Gasteiger partial charge in [0.05, 0.1) is 6.61 Å². The molecule has 0 aromatic heterocycles. The molecule has 1 atom stereocenters. The third-order valence-corrected chi connectivity index (χ3v) is 2.93. The van der Waals surface area contributed by atoms with Crippen LogP contribution in [0.15, 0.2) is 12.1 Å². The summed E-state index contributed by atoms with van der Waals surface area (Å²) in [5.74, 6) is 0.638. The fourth-order valence-corrected chi connectivity index (χ4v) is 1.56. The maximum Gasteiger partial charge on any atom is 0.339 e. The van der Waals surface area contributed by atoms with Crippen LogP contribution in [0.25, 0.3) is 0 Å². The van der Waals surface area contributed by atoms with Crippen molar-refractivity contribution in [3.63, 3.8) is 0 Å². The van der Waals surface area contributed by atoms with Gasteiger partial charge in [-0.3, -0.25) is 0 Å². The molecular weight excluding hydrogens is 236 g/mol. The van der Waals surface area contributed by atoms with Crippen LogP contribution in [-0.2, 0) is 0 Å². The van der Waals surface area contributed by atoms with Gasteiger partial charge < -0.3 is 19.3 Å². The van der Waals surface area contributed by atoms with Gasteiger partial charge in [0, 0.05) is 12.1 Å². The van der Waals surface area contributed by atoms with E-state index in [-0.39, 0.29) is 12.4 Å². The molecule has 1 aliphatic heterocycles. The second-order valence-corrected chi connectivity index (χ2v) is 4.33. The standard InChI is InChI=1S/C13H16O5/c1-3-8(2)6-16-10-5-12-11(17-7-18-12)4-9(10)13(14)15/h4-5,8H,3,6-7H2,1-2H3,(H,14,15). The van der Waals surface area contributed by atoms with E-state index in [1.165, 1.54) is 6.07 Å².